The molecule has 0 aromatic rings. The molecule has 0 fully saturated rings. The topological polar surface area (TPSA) is 129 Å². The van der Waals surface area contributed by atoms with Gasteiger partial charge in [-0.15, -0.1) is 0 Å². The maximum absolute atomic E-state index is 10.7. The van der Waals surface area contributed by atoms with Crippen molar-refractivity contribution in [3.63, 3.8) is 0 Å². The van der Waals surface area contributed by atoms with Crippen LogP contribution in [0.25, 0.3) is 0 Å². The largest absolute Gasteiger partial charge is 0.469 e. The number of hydroxylamine groups is 2. The number of aliphatic hydroxyl groups excluding tert-OH is 2. The van der Waals surface area contributed by atoms with Crippen molar-refractivity contribution in [3.05, 3.63) is 0 Å². The summed E-state index contributed by atoms with van der Waals surface area (Å²) in [7, 11) is -4.31. The van der Waals surface area contributed by atoms with Gasteiger partial charge in [0.15, 0.2) is 0 Å². The van der Waals surface area contributed by atoms with Gasteiger partial charge < -0.3 is 20.0 Å². The number of aliphatic hydroxyl groups is 2. The predicted molar refractivity (Wildman–Crippen MR) is 164 cm³/mol. The van der Waals surface area contributed by atoms with Crippen molar-refractivity contribution in [2.45, 2.75) is 149 Å². The molecule has 0 aromatic carbocycles. The number of unbranched alkanes of at least 4 members (excludes halogenated alkanes) is 15. The van der Waals surface area contributed by atoms with Gasteiger partial charge >= 0.3 is 7.82 Å². The van der Waals surface area contributed by atoms with Crippen LogP contribution in [0.1, 0.15) is 149 Å². The standard InChI is InChI=1S/C16H35NO4.C14H31O4P/c1-2-3-4-5-6-7-8-9-10-11-12-17(20-15-13-18)21-16-14-19;1-3-5-7-8-9-10-12-14(11-6-4-2)13-18-19(15,16)17/h18-19H,2-16H2,1H3;14H,3-13H2,1-2H3,(H2,15,16,17). The highest BCUT2D eigenvalue weighted by molar-refractivity contribution is 7.46. The Hall–Kier alpha value is -0.0900. The van der Waals surface area contributed by atoms with Gasteiger partial charge in [0.05, 0.1) is 39.6 Å². The van der Waals surface area contributed by atoms with E-state index in [4.69, 9.17) is 29.7 Å². The highest BCUT2D eigenvalue weighted by Gasteiger charge is 2.17. The van der Waals surface area contributed by atoms with E-state index >= 15 is 0 Å². The lowest BCUT2D eigenvalue weighted by Crippen LogP contribution is -2.28. The minimum Gasteiger partial charge on any atom is -0.394 e. The van der Waals surface area contributed by atoms with Crippen molar-refractivity contribution >= 4 is 7.82 Å². The Labute approximate surface area is 246 Å². The Bertz CT molecular complexity index is 516. The van der Waals surface area contributed by atoms with Crippen LogP contribution in [0, 0.1) is 5.92 Å². The second-order valence-corrected chi connectivity index (χ2v) is 11.9. The van der Waals surface area contributed by atoms with Crippen LogP contribution in [-0.2, 0) is 18.8 Å². The van der Waals surface area contributed by atoms with Crippen molar-refractivity contribution < 1.29 is 38.8 Å². The molecule has 0 amide bonds. The molecule has 244 valence electrons. The molecule has 0 rings (SSSR count). The predicted octanol–water partition coefficient (Wildman–Crippen LogP) is 7.71. The summed E-state index contributed by atoms with van der Waals surface area (Å²) in [6, 6.07) is 0. The van der Waals surface area contributed by atoms with E-state index < -0.39 is 7.82 Å². The fourth-order valence-corrected chi connectivity index (χ4v) is 4.80. The second kappa shape index (κ2) is 33.4. The molecule has 4 N–H and O–H groups in total. The van der Waals surface area contributed by atoms with Crippen molar-refractivity contribution in [1.82, 2.24) is 5.23 Å². The first-order valence-corrected chi connectivity index (χ1v) is 17.8. The van der Waals surface area contributed by atoms with Gasteiger partial charge in [-0.05, 0) is 25.2 Å². The molecule has 1 unspecified atom stereocenters. The van der Waals surface area contributed by atoms with Crippen molar-refractivity contribution in [3.8, 4) is 0 Å². The lowest BCUT2D eigenvalue weighted by molar-refractivity contribution is -0.371. The highest BCUT2D eigenvalue weighted by Crippen LogP contribution is 2.37. The molecule has 9 nitrogen and oxygen atoms in total. The van der Waals surface area contributed by atoms with Crippen LogP contribution in [0.5, 0.6) is 0 Å². The number of nitrogens with zero attached hydrogens (tertiary/aromatic N) is 1. The molecule has 0 aromatic heterocycles. The average molecular weight is 600 g/mol. The summed E-state index contributed by atoms with van der Waals surface area (Å²) in [4.78, 5) is 28.0. The fraction of sp³-hybridized carbons (Fsp3) is 1.00. The van der Waals surface area contributed by atoms with Gasteiger partial charge in [-0.2, -0.15) is 0 Å². The quantitative estimate of drug-likeness (QED) is 0.0373. The molecule has 0 heterocycles. The first-order chi connectivity index (χ1) is 19.3. The molecule has 0 saturated heterocycles. The Morgan fingerprint density at radius 1 is 0.600 bits per heavy atom. The summed E-state index contributed by atoms with van der Waals surface area (Å²) in [5.74, 6) is 0.291. The second-order valence-electron chi connectivity index (χ2n) is 10.7. The molecule has 0 saturated carbocycles. The summed E-state index contributed by atoms with van der Waals surface area (Å²) in [6.07, 6.45) is 24.6. The van der Waals surface area contributed by atoms with Crippen molar-refractivity contribution in [2.24, 2.45) is 5.92 Å². The van der Waals surface area contributed by atoms with E-state index in [1.807, 2.05) is 0 Å². The third-order valence-corrected chi connectivity index (χ3v) is 7.24. The number of phosphoric ester groups is 1. The Kier molecular flexibility index (Phi) is 35.1. The molecule has 0 spiro atoms. The van der Waals surface area contributed by atoms with E-state index in [1.165, 1.54) is 88.7 Å². The minimum absolute atomic E-state index is 0.0307. The number of phosphoric acid groups is 1. The van der Waals surface area contributed by atoms with Crippen LogP contribution in [-0.4, -0.2) is 64.8 Å². The van der Waals surface area contributed by atoms with E-state index in [0.717, 1.165) is 44.9 Å². The van der Waals surface area contributed by atoms with Gasteiger partial charge in [0.2, 0.25) is 0 Å². The molecular formula is C30H66NO8P. The summed E-state index contributed by atoms with van der Waals surface area (Å²) in [6.45, 7) is 7.85. The third kappa shape index (κ3) is 35.9. The van der Waals surface area contributed by atoms with Gasteiger partial charge in [-0.25, -0.2) is 4.57 Å². The summed E-state index contributed by atoms with van der Waals surface area (Å²) in [5, 5.41) is 18.8. The molecule has 10 heteroatoms. The third-order valence-electron chi connectivity index (χ3n) is 6.76. The van der Waals surface area contributed by atoms with E-state index in [2.05, 4.69) is 25.3 Å². The summed E-state index contributed by atoms with van der Waals surface area (Å²) >= 11 is 0. The number of rotatable bonds is 30. The molecule has 1 atom stereocenters. The lowest BCUT2D eigenvalue weighted by atomic mass is 9.96. The van der Waals surface area contributed by atoms with Crippen LogP contribution in [0.2, 0.25) is 0 Å². The van der Waals surface area contributed by atoms with E-state index in [-0.39, 0.29) is 33.0 Å². The zero-order chi connectivity index (χ0) is 30.2. The Morgan fingerprint density at radius 3 is 1.43 bits per heavy atom. The SMILES string of the molecule is CCCCCCCCC(CCCC)COP(=O)(O)O.CCCCCCCCCCCCN(OCCO)OCCO. The first kappa shape index (κ1) is 42.0. The fourth-order valence-electron chi connectivity index (χ4n) is 4.40. The highest BCUT2D eigenvalue weighted by atomic mass is 31.2. The van der Waals surface area contributed by atoms with Gasteiger partial charge in [-0.3, -0.25) is 14.2 Å². The van der Waals surface area contributed by atoms with Gasteiger partial charge in [0.1, 0.15) is 0 Å². The van der Waals surface area contributed by atoms with Gasteiger partial charge in [0.25, 0.3) is 0 Å². The average Bonchev–Trinajstić information content (AvgIpc) is 2.93. The van der Waals surface area contributed by atoms with Gasteiger partial charge in [0, 0.05) is 0 Å². The van der Waals surface area contributed by atoms with E-state index in [1.54, 1.807) is 0 Å². The smallest absolute Gasteiger partial charge is 0.394 e. The van der Waals surface area contributed by atoms with Gasteiger partial charge in [-0.1, -0.05) is 135 Å². The van der Waals surface area contributed by atoms with Crippen molar-refractivity contribution in [1.29, 1.82) is 0 Å². The summed E-state index contributed by atoms with van der Waals surface area (Å²) in [5.41, 5.74) is 0. The maximum Gasteiger partial charge on any atom is 0.469 e. The molecule has 40 heavy (non-hydrogen) atoms. The Morgan fingerprint density at radius 2 is 1.00 bits per heavy atom. The van der Waals surface area contributed by atoms with E-state index in [0.29, 0.717) is 12.5 Å². The van der Waals surface area contributed by atoms with Crippen LogP contribution in [0.15, 0.2) is 0 Å². The molecule has 0 radical (unpaired) electrons. The monoisotopic (exact) mass is 599 g/mol. The number of hydrogen-bond donors (Lipinski definition) is 4. The van der Waals surface area contributed by atoms with Crippen molar-refractivity contribution in [2.75, 3.05) is 39.6 Å². The lowest BCUT2D eigenvalue weighted by Gasteiger charge is -2.20. The minimum atomic E-state index is -4.31. The van der Waals surface area contributed by atoms with Crippen LogP contribution in [0.3, 0.4) is 0 Å². The zero-order valence-corrected chi connectivity index (χ0v) is 27.2. The molecular weight excluding hydrogens is 533 g/mol. The normalized spacial score (nSPS) is 12.5. The molecule has 0 bridgehead atoms. The zero-order valence-electron chi connectivity index (χ0n) is 26.3. The molecule has 0 aliphatic heterocycles. The molecule has 0 aliphatic rings. The maximum atomic E-state index is 10.7. The Balaban J connectivity index is 0. The first-order valence-electron chi connectivity index (χ1n) is 16.3. The van der Waals surface area contributed by atoms with Crippen LogP contribution < -0.4 is 0 Å². The summed E-state index contributed by atoms with van der Waals surface area (Å²) < 4.78 is 15.4. The molecule has 0 aliphatic carbocycles. The van der Waals surface area contributed by atoms with Crippen LogP contribution in [0.4, 0.5) is 0 Å². The van der Waals surface area contributed by atoms with E-state index in [9.17, 15) is 4.57 Å². The van der Waals surface area contributed by atoms with Crippen LogP contribution >= 0.6 is 7.82 Å². The number of hydrogen-bond acceptors (Lipinski definition) is 7.